The maximum atomic E-state index is 8.64. The van der Waals surface area contributed by atoms with Gasteiger partial charge in [0, 0.05) is 0 Å². The van der Waals surface area contributed by atoms with E-state index in [1.54, 1.807) is 6.08 Å². The van der Waals surface area contributed by atoms with Crippen molar-refractivity contribution < 1.29 is 9.84 Å². The summed E-state index contributed by atoms with van der Waals surface area (Å²) in [7, 11) is 0. The molecule has 0 aliphatic rings. The average Bonchev–Trinajstić information content (AvgIpc) is 1.98. The van der Waals surface area contributed by atoms with Gasteiger partial charge < -0.3 is 9.84 Å². The topological polar surface area (TPSA) is 29.5 Å². The highest BCUT2D eigenvalue weighted by molar-refractivity contribution is 4.89. The van der Waals surface area contributed by atoms with E-state index in [-0.39, 0.29) is 19.3 Å². The monoisotopic (exact) mass is 140 g/mol. The minimum atomic E-state index is -0.249. The Labute approximate surface area is 61.5 Å². The molecule has 0 radical (unpaired) electrons. The zero-order chi connectivity index (χ0) is 7.82. The summed E-state index contributed by atoms with van der Waals surface area (Å²) in [5, 5.41) is 8.64. The maximum Gasteiger partial charge on any atom is 0.108 e. The average molecular weight is 140 g/mol. The van der Waals surface area contributed by atoms with Gasteiger partial charge in [0.2, 0.25) is 0 Å². The van der Waals surface area contributed by atoms with Gasteiger partial charge in [-0.2, -0.15) is 0 Å². The van der Waals surface area contributed by atoms with Crippen LogP contribution >= 0.6 is 0 Å². The van der Waals surface area contributed by atoms with Crippen molar-refractivity contribution >= 4 is 0 Å². The molecule has 0 aromatic rings. The first-order chi connectivity index (χ1) is 4.85. The van der Waals surface area contributed by atoms with Gasteiger partial charge in [-0.1, -0.05) is 18.1 Å². The van der Waals surface area contributed by atoms with E-state index >= 15 is 0 Å². The zero-order valence-corrected chi connectivity index (χ0v) is 6.08. The fraction of sp³-hybridized carbons (Fsp3) is 0.500. The summed E-state index contributed by atoms with van der Waals surface area (Å²) >= 11 is 0. The molecule has 2 nitrogen and oxygen atoms in total. The minimum absolute atomic E-state index is 0.0218. The lowest BCUT2D eigenvalue weighted by atomic mass is 10.3. The third-order valence-electron chi connectivity index (χ3n) is 0.968. The predicted molar refractivity (Wildman–Crippen MR) is 40.5 cm³/mol. The number of rotatable bonds is 4. The van der Waals surface area contributed by atoms with Gasteiger partial charge in [0.25, 0.3) is 0 Å². The molecule has 0 saturated carbocycles. The summed E-state index contributed by atoms with van der Waals surface area (Å²) in [5.74, 6) is 2.32. The van der Waals surface area contributed by atoms with Gasteiger partial charge in [-0.15, -0.1) is 6.42 Å². The molecule has 0 unspecified atom stereocenters. The fourth-order valence-corrected chi connectivity index (χ4v) is 0.539. The lowest BCUT2D eigenvalue weighted by Crippen LogP contribution is -2.14. The molecule has 0 bridgehead atoms. The Balaban J connectivity index is 3.52. The molecule has 0 heterocycles. The van der Waals surface area contributed by atoms with Crippen molar-refractivity contribution in [3.63, 3.8) is 0 Å². The van der Waals surface area contributed by atoms with E-state index < -0.39 is 0 Å². The van der Waals surface area contributed by atoms with Crippen LogP contribution in [0, 0.1) is 12.3 Å². The van der Waals surface area contributed by atoms with Crippen molar-refractivity contribution in [2.24, 2.45) is 0 Å². The number of terminal acetylenes is 1. The second-order valence-electron chi connectivity index (χ2n) is 1.76. The van der Waals surface area contributed by atoms with E-state index in [1.165, 1.54) is 0 Å². The van der Waals surface area contributed by atoms with Crippen LogP contribution in [0.15, 0.2) is 12.2 Å². The molecule has 0 aliphatic heterocycles. The van der Waals surface area contributed by atoms with Crippen LogP contribution in [0.3, 0.4) is 0 Å². The molecular formula is C8H12O2. The SMILES string of the molecule is C#CCO[C@H](/C=C\C)CO. The quantitative estimate of drug-likeness (QED) is 0.457. The lowest BCUT2D eigenvalue weighted by molar-refractivity contribution is 0.0628. The molecule has 0 amide bonds. The second kappa shape index (κ2) is 6.34. The standard InChI is InChI=1S/C8H12O2/c1-3-5-8(7-9)10-6-4-2/h2-3,5,8-9H,6-7H2,1H3/b5-3-/t8-/m1/s1. The van der Waals surface area contributed by atoms with Crippen molar-refractivity contribution in [3.05, 3.63) is 12.2 Å². The van der Waals surface area contributed by atoms with Crippen LogP contribution in [0.25, 0.3) is 0 Å². The highest BCUT2D eigenvalue weighted by Gasteiger charge is 1.98. The van der Waals surface area contributed by atoms with Crippen LogP contribution in [-0.4, -0.2) is 24.4 Å². The molecule has 1 N–H and O–H groups in total. The molecule has 0 spiro atoms. The van der Waals surface area contributed by atoms with Gasteiger partial charge >= 0.3 is 0 Å². The van der Waals surface area contributed by atoms with Crippen molar-refractivity contribution in [1.29, 1.82) is 0 Å². The molecule has 56 valence electrons. The maximum absolute atomic E-state index is 8.64. The summed E-state index contributed by atoms with van der Waals surface area (Å²) < 4.78 is 5.01. The largest absolute Gasteiger partial charge is 0.393 e. The van der Waals surface area contributed by atoms with E-state index in [9.17, 15) is 0 Å². The summed E-state index contributed by atoms with van der Waals surface area (Å²) in [6, 6.07) is 0. The van der Waals surface area contributed by atoms with Crippen molar-refractivity contribution in [1.82, 2.24) is 0 Å². The summed E-state index contributed by atoms with van der Waals surface area (Å²) in [6.45, 7) is 2.09. The molecule has 0 saturated heterocycles. The Morgan fingerprint density at radius 3 is 2.90 bits per heavy atom. The Hall–Kier alpha value is -0.780. The molecule has 2 heteroatoms. The van der Waals surface area contributed by atoms with Crippen LogP contribution < -0.4 is 0 Å². The number of aliphatic hydroxyl groups excluding tert-OH is 1. The van der Waals surface area contributed by atoms with E-state index in [0.29, 0.717) is 0 Å². The van der Waals surface area contributed by atoms with Crippen LogP contribution in [0.5, 0.6) is 0 Å². The summed E-state index contributed by atoms with van der Waals surface area (Å²) in [5.41, 5.74) is 0. The predicted octanol–water partition coefficient (Wildman–Crippen LogP) is 0.573. The fourth-order valence-electron chi connectivity index (χ4n) is 0.539. The van der Waals surface area contributed by atoms with Crippen molar-refractivity contribution in [2.45, 2.75) is 13.0 Å². The van der Waals surface area contributed by atoms with Gasteiger partial charge in [-0.25, -0.2) is 0 Å². The first-order valence-corrected chi connectivity index (χ1v) is 3.14. The van der Waals surface area contributed by atoms with Crippen molar-refractivity contribution in [3.8, 4) is 12.3 Å². The number of hydrogen-bond acceptors (Lipinski definition) is 2. The van der Waals surface area contributed by atoms with Gasteiger partial charge in [-0.3, -0.25) is 0 Å². The molecule has 0 aromatic carbocycles. The number of hydrogen-bond donors (Lipinski definition) is 1. The molecular weight excluding hydrogens is 128 g/mol. The number of ether oxygens (including phenoxy) is 1. The van der Waals surface area contributed by atoms with E-state index in [2.05, 4.69) is 5.92 Å². The van der Waals surface area contributed by atoms with E-state index in [0.717, 1.165) is 0 Å². The summed E-state index contributed by atoms with van der Waals surface area (Å²) in [4.78, 5) is 0. The Morgan fingerprint density at radius 1 is 1.80 bits per heavy atom. The molecule has 10 heavy (non-hydrogen) atoms. The van der Waals surface area contributed by atoms with Crippen LogP contribution in [0.2, 0.25) is 0 Å². The van der Waals surface area contributed by atoms with Gasteiger partial charge in [0.05, 0.1) is 12.7 Å². The minimum Gasteiger partial charge on any atom is -0.393 e. The molecule has 0 aliphatic carbocycles. The lowest BCUT2D eigenvalue weighted by Gasteiger charge is -2.06. The zero-order valence-electron chi connectivity index (χ0n) is 6.08. The highest BCUT2D eigenvalue weighted by atomic mass is 16.5. The third-order valence-corrected chi connectivity index (χ3v) is 0.968. The van der Waals surface area contributed by atoms with Gasteiger partial charge in [-0.05, 0) is 6.92 Å². The Kier molecular flexibility index (Phi) is 5.85. The third kappa shape index (κ3) is 4.13. The van der Waals surface area contributed by atoms with E-state index in [1.807, 2.05) is 13.0 Å². The molecule has 0 fully saturated rings. The number of allylic oxidation sites excluding steroid dienone is 1. The van der Waals surface area contributed by atoms with Crippen molar-refractivity contribution in [2.75, 3.05) is 13.2 Å². The highest BCUT2D eigenvalue weighted by Crippen LogP contribution is 1.91. The Morgan fingerprint density at radius 2 is 2.50 bits per heavy atom. The molecule has 0 rings (SSSR count). The smallest absolute Gasteiger partial charge is 0.108 e. The van der Waals surface area contributed by atoms with Crippen LogP contribution in [-0.2, 0) is 4.74 Å². The molecule has 0 aromatic heterocycles. The first kappa shape index (κ1) is 9.22. The van der Waals surface area contributed by atoms with Crippen LogP contribution in [0.4, 0.5) is 0 Å². The number of aliphatic hydroxyl groups is 1. The second-order valence-corrected chi connectivity index (χ2v) is 1.76. The Bertz CT molecular complexity index is 133. The van der Waals surface area contributed by atoms with Crippen LogP contribution in [0.1, 0.15) is 6.92 Å². The normalized spacial score (nSPS) is 13.3. The van der Waals surface area contributed by atoms with E-state index in [4.69, 9.17) is 16.3 Å². The van der Waals surface area contributed by atoms with Gasteiger partial charge in [0.15, 0.2) is 0 Å². The summed E-state index contributed by atoms with van der Waals surface area (Å²) in [6.07, 6.45) is 8.28. The first-order valence-electron chi connectivity index (χ1n) is 3.14. The van der Waals surface area contributed by atoms with Gasteiger partial charge in [0.1, 0.15) is 6.61 Å². The molecule has 1 atom stereocenters.